The van der Waals surface area contributed by atoms with Gasteiger partial charge in [0.2, 0.25) is 11.2 Å². The summed E-state index contributed by atoms with van der Waals surface area (Å²) in [6.45, 7) is 0. The Hall–Kier alpha value is -2.91. The van der Waals surface area contributed by atoms with Crippen LogP contribution in [-0.4, -0.2) is 7.05 Å². The molecule has 4 rings (SSSR count). The zero-order valence-corrected chi connectivity index (χ0v) is 17.6. The molecule has 0 bridgehead atoms. The summed E-state index contributed by atoms with van der Waals surface area (Å²) >= 11 is 3.67. The fourth-order valence-corrected chi connectivity index (χ4v) is 3.70. The molecular formula is C25H22BrN2+. The van der Waals surface area contributed by atoms with Crippen LogP contribution in [0.3, 0.4) is 0 Å². The van der Waals surface area contributed by atoms with Crippen LogP contribution in [0.1, 0.15) is 11.3 Å². The Morgan fingerprint density at radius 2 is 1.75 bits per heavy atom. The van der Waals surface area contributed by atoms with E-state index in [1.54, 1.807) is 0 Å². The van der Waals surface area contributed by atoms with Gasteiger partial charge in [-0.25, -0.2) is 0 Å². The molecule has 0 spiro atoms. The van der Waals surface area contributed by atoms with Crippen LogP contribution in [0.2, 0.25) is 0 Å². The lowest BCUT2D eigenvalue weighted by molar-refractivity contribution is -0.646. The maximum atomic E-state index is 3.67. The van der Waals surface area contributed by atoms with Gasteiger partial charge in [0, 0.05) is 46.5 Å². The lowest BCUT2D eigenvalue weighted by atomic mass is 10.1. The quantitative estimate of drug-likeness (QED) is 0.365. The van der Waals surface area contributed by atoms with Gasteiger partial charge in [-0.3, -0.25) is 0 Å². The second-order valence-corrected chi connectivity index (χ2v) is 7.72. The predicted octanol–water partition coefficient (Wildman–Crippen LogP) is 6.00. The smallest absolute Gasteiger partial charge is 0.212 e. The van der Waals surface area contributed by atoms with Gasteiger partial charge in [-0.15, -0.1) is 0 Å². The lowest BCUT2D eigenvalue weighted by Gasteiger charge is -2.26. The summed E-state index contributed by atoms with van der Waals surface area (Å²) in [7, 11) is 4.20. The minimum Gasteiger partial charge on any atom is -0.344 e. The molecule has 0 unspecified atom stereocenters. The Morgan fingerprint density at radius 3 is 2.64 bits per heavy atom. The van der Waals surface area contributed by atoms with Crippen LogP contribution in [0.4, 0.5) is 5.69 Å². The molecule has 138 valence electrons. The Bertz CT molecular complexity index is 1150. The predicted molar refractivity (Wildman–Crippen MR) is 123 cm³/mol. The van der Waals surface area contributed by atoms with Crippen molar-refractivity contribution in [1.82, 2.24) is 0 Å². The number of rotatable bonds is 3. The van der Waals surface area contributed by atoms with Crippen LogP contribution in [-0.2, 0) is 7.05 Å². The van der Waals surface area contributed by atoms with Crippen molar-refractivity contribution in [1.29, 1.82) is 0 Å². The highest BCUT2D eigenvalue weighted by molar-refractivity contribution is 9.11. The Labute approximate surface area is 174 Å². The van der Waals surface area contributed by atoms with E-state index in [-0.39, 0.29) is 0 Å². The third-order valence-electron chi connectivity index (χ3n) is 5.06. The van der Waals surface area contributed by atoms with Crippen molar-refractivity contribution in [3.8, 4) is 0 Å². The molecule has 0 radical (unpaired) electrons. The molecule has 0 saturated carbocycles. The number of nitrogens with zero attached hydrogens (tertiary/aromatic N) is 2. The van der Waals surface area contributed by atoms with Gasteiger partial charge in [0.05, 0.1) is 0 Å². The number of hydrogen-bond acceptors (Lipinski definition) is 1. The average molecular weight is 430 g/mol. The number of halogens is 1. The van der Waals surface area contributed by atoms with E-state index in [4.69, 9.17) is 0 Å². The van der Waals surface area contributed by atoms with Crippen LogP contribution in [0.25, 0.3) is 23.1 Å². The summed E-state index contributed by atoms with van der Waals surface area (Å²) < 4.78 is 3.23. The van der Waals surface area contributed by atoms with E-state index in [1.165, 1.54) is 22.2 Å². The van der Waals surface area contributed by atoms with E-state index in [9.17, 15) is 0 Å². The van der Waals surface area contributed by atoms with Crippen molar-refractivity contribution in [3.63, 3.8) is 0 Å². The minimum atomic E-state index is 1.02. The zero-order valence-electron chi connectivity index (χ0n) is 16.0. The van der Waals surface area contributed by atoms with Crippen molar-refractivity contribution in [2.24, 2.45) is 7.05 Å². The van der Waals surface area contributed by atoms with Gasteiger partial charge in [0.25, 0.3) is 0 Å². The van der Waals surface area contributed by atoms with E-state index in [1.807, 2.05) is 0 Å². The maximum absolute atomic E-state index is 3.67. The third kappa shape index (κ3) is 3.71. The molecule has 0 saturated heterocycles. The molecule has 3 aromatic rings. The van der Waals surface area contributed by atoms with E-state index < -0.39 is 0 Å². The topological polar surface area (TPSA) is 7.12 Å². The number of anilines is 1. The number of para-hydroxylation sites is 2. The van der Waals surface area contributed by atoms with Gasteiger partial charge in [-0.05, 0) is 48.1 Å². The summed E-state index contributed by atoms with van der Waals surface area (Å²) in [6.07, 6.45) is 12.7. The van der Waals surface area contributed by atoms with Gasteiger partial charge in [0.15, 0.2) is 0 Å². The van der Waals surface area contributed by atoms with Gasteiger partial charge in [0.1, 0.15) is 7.05 Å². The van der Waals surface area contributed by atoms with E-state index in [0.717, 1.165) is 15.9 Å². The summed E-state index contributed by atoms with van der Waals surface area (Å²) in [5.74, 6) is 0. The molecule has 1 aliphatic rings. The molecule has 1 aliphatic heterocycles. The van der Waals surface area contributed by atoms with E-state index in [2.05, 4.69) is 137 Å². The number of likely N-dealkylation sites (N-methyl/N-ethyl adjacent to an activating group) is 1. The molecule has 28 heavy (non-hydrogen) atoms. The first-order chi connectivity index (χ1) is 13.6. The molecule has 0 fully saturated rings. The van der Waals surface area contributed by atoms with Crippen LogP contribution < -0.4 is 9.47 Å². The molecule has 0 N–H and O–H groups in total. The first-order valence-electron chi connectivity index (χ1n) is 9.28. The molecule has 2 nitrogen and oxygen atoms in total. The van der Waals surface area contributed by atoms with Crippen LogP contribution in [0.15, 0.2) is 95.1 Å². The van der Waals surface area contributed by atoms with Crippen molar-refractivity contribution in [2.45, 2.75) is 0 Å². The van der Waals surface area contributed by atoms with Crippen LogP contribution >= 0.6 is 15.9 Å². The SMILES string of the molecule is CN1/C(=C/C=C(Br)/C=C/c2ccc3ccccc3[n+]2C)C=Cc2ccccc21. The van der Waals surface area contributed by atoms with Crippen molar-refractivity contribution in [3.05, 3.63) is 106 Å². The number of fused-ring (bicyclic) bond motifs is 2. The highest BCUT2D eigenvalue weighted by Crippen LogP contribution is 2.29. The molecule has 0 aliphatic carbocycles. The largest absolute Gasteiger partial charge is 0.344 e. The number of pyridine rings is 1. The first-order valence-corrected chi connectivity index (χ1v) is 10.1. The first kappa shape index (κ1) is 18.5. The van der Waals surface area contributed by atoms with Gasteiger partial charge < -0.3 is 4.90 Å². The molecule has 0 atom stereocenters. The summed E-state index contributed by atoms with van der Waals surface area (Å²) in [5.41, 5.74) is 5.99. The average Bonchev–Trinajstić information content (AvgIpc) is 2.73. The standard InChI is InChI=1S/C25H22BrN2/c1-27-22(15-11-19-7-3-5-9-24(19)27)17-13-21(26)14-18-23-16-12-20-8-4-6-10-25(20)28(23)2/h3-18H,1-2H3/q+1. The van der Waals surface area contributed by atoms with E-state index >= 15 is 0 Å². The van der Waals surface area contributed by atoms with Gasteiger partial charge >= 0.3 is 0 Å². The summed E-state index contributed by atoms with van der Waals surface area (Å²) in [6, 6.07) is 21.2. The van der Waals surface area contributed by atoms with Gasteiger partial charge in [-0.2, -0.15) is 4.57 Å². The number of aryl methyl sites for hydroxylation is 1. The molecule has 2 heterocycles. The van der Waals surface area contributed by atoms with Gasteiger partial charge in [-0.1, -0.05) is 52.3 Å². The summed E-state index contributed by atoms with van der Waals surface area (Å²) in [4.78, 5) is 2.21. The molecule has 1 aromatic heterocycles. The minimum absolute atomic E-state index is 1.02. The summed E-state index contributed by atoms with van der Waals surface area (Å²) in [5, 5.41) is 1.24. The van der Waals surface area contributed by atoms with Crippen LogP contribution in [0, 0.1) is 0 Å². The second kappa shape index (κ2) is 7.99. The fourth-order valence-electron chi connectivity index (χ4n) is 3.44. The molecular weight excluding hydrogens is 408 g/mol. The van der Waals surface area contributed by atoms with Crippen molar-refractivity contribution < 1.29 is 4.57 Å². The van der Waals surface area contributed by atoms with E-state index in [0.29, 0.717) is 0 Å². The van der Waals surface area contributed by atoms with Crippen molar-refractivity contribution >= 4 is 44.7 Å². The Kier molecular flexibility index (Phi) is 5.27. The molecule has 2 aromatic carbocycles. The molecule has 3 heteroatoms. The maximum Gasteiger partial charge on any atom is 0.212 e. The fraction of sp³-hybridized carbons (Fsp3) is 0.0800. The van der Waals surface area contributed by atoms with Crippen LogP contribution in [0.5, 0.6) is 0 Å². The monoisotopic (exact) mass is 429 g/mol. The van der Waals surface area contributed by atoms with Crippen molar-refractivity contribution in [2.75, 3.05) is 11.9 Å². The Balaban J connectivity index is 1.56. The Morgan fingerprint density at radius 1 is 0.964 bits per heavy atom. The number of allylic oxidation sites excluding steroid dienone is 5. The number of aromatic nitrogens is 1. The normalized spacial score (nSPS) is 15.6. The highest BCUT2D eigenvalue weighted by atomic mass is 79.9. The zero-order chi connectivity index (χ0) is 19.5. The highest BCUT2D eigenvalue weighted by Gasteiger charge is 2.12. The third-order valence-corrected chi connectivity index (χ3v) is 5.59. The number of benzene rings is 2. The second-order valence-electron chi connectivity index (χ2n) is 6.80. The molecule has 0 amide bonds. The number of hydrogen-bond donors (Lipinski definition) is 0. The lowest BCUT2D eigenvalue weighted by Crippen LogP contribution is -2.32.